The molecule has 166 valence electrons. The molecule has 31 heavy (non-hydrogen) atoms. The lowest BCUT2D eigenvalue weighted by molar-refractivity contribution is 0.236. The Morgan fingerprint density at radius 1 is 1.00 bits per heavy atom. The standard InChI is InChI=1S/C25H35N5O/c1-2-29-14-16-30(17-15-29)23-11-10-21(18-26-23)19-27-24(31)28-20-25(12-6-7-13-25)22-8-4-3-5-9-22/h3-5,8-11,18H,2,6-7,12-17,19-20H2,1H3,(H2,27,28,31). The van der Waals surface area contributed by atoms with Gasteiger partial charge in [0.05, 0.1) is 0 Å². The van der Waals surface area contributed by atoms with Crippen molar-refractivity contribution in [3.8, 4) is 0 Å². The summed E-state index contributed by atoms with van der Waals surface area (Å²) in [6, 6.07) is 14.7. The van der Waals surface area contributed by atoms with E-state index in [0.29, 0.717) is 13.1 Å². The third-order valence-corrected chi connectivity index (χ3v) is 6.94. The Bertz CT molecular complexity index is 825. The summed E-state index contributed by atoms with van der Waals surface area (Å²) in [6.45, 7) is 8.71. The lowest BCUT2D eigenvalue weighted by Crippen LogP contribution is -2.46. The fourth-order valence-corrected chi connectivity index (χ4v) is 4.91. The molecule has 0 atom stereocenters. The predicted molar refractivity (Wildman–Crippen MR) is 125 cm³/mol. The molecule has 6 nitrogen and oxygen atoms in total. The van der Waals surface area contributed by atoms with Crippen molar-refractivity contribution in [3.05, 3.63) is 59.8 Å². The molecule has 2 aliphatic rings. The number of likely N-dealkylation sites (N-methyl/N-ethyl adjacent to an activating group) is 1. The van der Waals surface area contributed by atoms with Crippen molar-refractivity contribution in [2.75, 3.05) is 44.2 Å². The van der Waals surface area contributed by atoms with Crippen LogP contribution in [0.4, 0.5) is 10.6 Å². The van der Waals surface area contributed by atoms with Gasteiger partial charge in [0.1, 0.15) is 5.82 Å². The second kappa shape index (κ2) is 10.1. The van der Waals surface area contributed by atoms with Gasteiger partial charge in [-0.15, -0.1) is 0 Å². The topological polar surface area (TPSA) is 60.5 Å². The van der Waals surface area contributed by atoms with Gasteiger partial charge in [0, 0.05) is 50.9 Å². The lowest BCUT2D eigenvalue weighted by Gasteiger charge is -2.34. The third-order valence-electron chi connectivity index (χ3n) is 6.94. The molecule has 2 amide bonds. The molecule has 4 rings (SSSR count). The minimum absolute atomic E-state index is 0.0730. The van der Waals surface area contributed by atoms with Crippen LogP contribution in [0.25, 0.3) is 0 Å². The van der Waals surface area contributed by atoms with Crippen LogP contribution in [0, 0.1) is 0 Å². The summed E-state index contributed by atoms with van der Waals surface area (Å²) in [4.78, 5) is 21.9. The van der Waals surface area contributed by atoms with Gasteiger partial charge < -0.3 is 20.4 Å². The number of nitrogens with zero attached hydrogens (tertiary/aromatic N) is 3. The van der Waals surface area contributed by atoms with E-state index < -0.39 is 0 Å². The first-order chi connectivity index (χ1) is 15.2. The number of carbonyl (C=O) groups excluding carboxylic acids is 1. The van der Waals surface area contributed by atoms with Crippen molar-refractivity contribution in [3.63, 3.8) is 0 Å². The monoisotopic (exact) mass is 421 g/mol. The second-order valence-corrected chi connectivity index (χ2v) is 8.84. The largest absolute Gasteiger partial charge is 0.354 e. The fourth-order valence-electron chi connectivity index (χ4n) is 4.91. The lowest BCUT2D eigenvalue weighted by atomic mass is 9.79. The Balaban J connectivity index is 1.25. The number of urea groups is 1. The molecule has 1 saturated carbocycles. The Morgan fingerprint density at radius 2 is 1.74 bits per heavy atom. The first-order valence-corrected chi connectivity index (χ1v) is 11.7. The molecule has 1 saturated heterocycles. The summed E-state index contributed by atoms with van der Waals surface area (Å²) in [5, 5.41) is 6.12. The van der Waals surface area contributed by atoms with Crippen LogP contribution in [0.5, 0.6) is 0 Å². The minimum Gasteiger partial charge on any atom is -0.354 e. The SMILES string of the molecule is CCN1CCN(c2ccc(CNC(=O)NCC3(c4ccccc4)CCCC3)cn2)CC1. The maximum absolute atomic E-state index is 12.5. The number of amides is 2. The van der Waals surface area contributed by atoms with Crippen LogP contribution < -0.4 is 15.5 Å². The van der Waals surface area contributed by atoms with E-state index in [2.05, 4.69) is 74.8 Å². The maximum Gasteiger partial charge on any atom is 0.315 e. The van der Waals surface area contributed by atoms with Gasteiger partial charge in [-0.2, -0.15) is 0 Å². The van der Waals surface area contributed by atoms with Crippen LogP contribution in [0.3, 0.4) is 0 Å². The first-order valence-electron chi connectivity index (χ1n) is 11.7. The van der Waals surface area contributed by atoms with Gasteiger partial charge in [-0.3, -0.25) is 0 Å². The van der Waals surface area contributed by atoms with E-state index in [1.54, 1.807) is 0 Å². The van der Waals surface area contributed by atoms with E-state index in [9.17, 15) is 4.79 Å². The first kappa shape index (κ1) is 21.6. The van der Waals surface area contributed by atoms with Gasteiger partial charge in [-0.05, 0) is 36.6 Å². The molecule has 1 aromatic carbocycles. The summed E-state index contributed by atoms with van der Waals surface area (Å²) in [6.07, 6.45) is 6.60. The van der Waals surface area contributed by atoms with Gasteiger partial charge in [0.25, 0.3) is 0 Å². The molecule has 1 aliphatic carbocycles. The summed E-state index contributed by atoms with van der Waals surface area (Å²) in [7, 11) is 0. The Kier molecular flexibility index (Phi) is 7.07. The molecule has 2 fully saturated rings. The molecular formula is C25H35N5O. The number of anilines is 1. The number of benzene rings is 1. The highest BCUT2D eigenvalue weighted by Gasteiger charge is 2.35. The van der Waals surface area contributed by atoms with Crippen molar-refractivity contribution in [2.45, 2.75) is 44.6 Å². The molecule has 6 heteroatoms. The van der Waals surface area contributed by atoms with Crippen molar-refractivity contribution in [1.29, 1.82) is 0 Å². The molecule has 2 heterocycles. The zero-order chi connectivity index (χ0) is 21.5. The predicted octanol–water partition coefficient (Wildman–Crippen LogP) is 3.53. The van der Waals surface area contributed by atoms with Crippen LogP contribution in [0.15, 0.2) is 48.7 Å². The number of aromatic nitrogens is 1. The molecule has 0 spiro atoms. The van der Waals surface area contributed by atoms with E-state index in [4.69, 9.17) is 0 Å². The number of carbonyl (C=O) groups is 1. The number of nitrogens with one attached hydrogen (secondary N) is 2. The van der Waals surface area contributed by atoms with Crippen LogP contribution in [-0.2, 0) is 12.0 Å². The van der Waals surface area contributed by atoms with E-state index in [0.717, 1.165) is 56.9 Å². The van der Waals surface area contributed by atoms with Crippen molar-refractivity contribution < 1.29 is 4.79 Å². The molecule has 0 bridgehead atoms. The molecular weight excluding hydrogens is 386 g/mol. The molecule has 2 aromatic rings. The normalized spacial score (nSPS) is 18.7. The summed E-state index contributed by atoms with van der Waals surface area (Å²) in [5.41, 5.74) is 2.43. The zero-order valence-corrected chi connectivity index (χ0v) is 18.6. The third kappa shape index (κ3) is 5.37. The number of hydrogen-bond acceptors (Lipinski definition) is 4. The fraction of sp³-hybridized carbons (Fsp3) is 0.520. The summed E-state index contributed by atoms with van der Waals surface area (Å²) in [5.74, 6) is 1.02. The molecule has 1 aliphatic heterocycles. The summed E-state index contributed by atoms with van der Waals surface area (Å²) >= 11 is 0. The number of pyridine rings is 1. The van der Waals surface area contributed by atoms with E-state index in [1.165, 1.54) is 18.4 Å². The van der Waals surface area contributed by atoms with Gasteiger partial charge in [0.15, 0.2) is 0 Å². The minimum atomic E-state index is -0.109. The highest BCUT2D eigenvalue weighted by molar-refractivity contribution is 5.74. The Labute approximate surface area is 186 Å². The highest BCUT2D eigenvalue weighted by Crippen LogP contribution is 2.40. The van der Waals surface area contributed by atoms with Crippen LogP contribution in [0.1, 0.15) is 43.7 Å². The highest BCUT2D eigenvalue weighted by atomic mass is 16.2. The van der Waals surface area contributed by atoms with Gasteiger partial charge >= 0.3 is 6.03 Å². The Hall–Kier alpha value is -2.60. The van der Waals surface area contributed by atoms with Crippen molar-refractivity contribution in [1.82, 2.24) is 20.5 Å². The van der Waals surface area contributed by atoms with E-state index >= 15 is 0 Å². The quantitative estimate of drug-likeness (QED) is 0.718. The Morgan fingerprint density at radius 3 is 2.39 bits per heavy atom. The smallest absolute Gasteiger partial charge is 0.315 e. The number of hydrogen-bond donors (Lipinski definition) is 2. The van der Waals surface area contributed by atoms with Gasteiger partial charge in [-0.25, -0.2) is 9.78 Å². The average Bonchev–Trinajstić information content (AvgIpc) is 3.33. The molecule has 1 aromatic heterocycles. The van der Waals surface area contributed by atoms with Crippen molar-refractivity contribution >= 4 is 11.8 Å². The second-order valence-electron chi connectivity index (χ2n) is 8.84. The van der Waals surface area contributed by atoms with Crippen LogP contribution in [0.2, 0.25) is 0 Å². The van der Waals surface area contributed by atoms with E-state index in [-0.39, 0.29) is 11.4 Å². The van der Waals surface area contributed by atoms with Crippen LogP contribution in [-0.4, -0.2) is 55.2 Å². The molecule has 0 unspecified atom stereocenters. The number of piperazine rings is 1. The van der Waals surface area contributed by atoms with Crippen molar-refractivity contribution in [2.24, 2.45) is 0 Å². The van der Waals surface area contributed by atoms with Gasteiger partial charge in [-0.1, -0.05) is 56.2 Å². The van der Waals surface area contributed by atoms with E-state index in [1.807, 2.05) is 6.20 Å². The zero-order valence-electron chi connectivity index (χ0n) is 18.6. The molecule has 2 N–H and O–H groups in total. The average molecular weight is 422 g/mol. The van der Waals surface area contributed by atoms with Gasteiger partial charge in [0.2, 0.25) is 0 Å². The number of rotatable bonds is 7. The van der Waals surface area contributed by atoms with Crippen LogP contribution >= 0.6 is 0 Å². The summed E-state index contributed by atoms with van der Waals surface area (Å²) < 4.78 is 0. The molecule has 0 radical (unpaired) electrons. The maximum atomic E-state index is 12.5.